The van der Waals surface area contributed by atoms with Gasteiger partial charge in [0.25, 0.3) is 0 Å². The number of nitrogens with one attached hydrogen (secondary N) is 1. The first-order valence-electron chi connectivity index (χ1n) is 8.79. The van der Waals surface area contributed by atoms with Gasteiger partial charge in [0.05, 0.1) is 0 Å². The van der Waals surface area contributed by atoms with Crippen LogP contribution in [0.4, 0.5) is 0 Å². The molecule has 1 saturated carbocycles. The summed E-state index contributed by atoms with van der Waals surface area (Å²) in [5, 5.41) is 3.35. The molecule has 0 spiro atoms. The van der Waals surface area contributed by atoms with Crippen LogP contribution in [0.5, 0.6) is 0 Å². The van der Waals surface area contributed by atoms with Crippen molar-refractivity contribution in [3.63, 3.8) is 0 Å². The Bertz CT molecular complexity index is 485. The molecule has 4 heteroatoms. The second-order valence-corrected chi connectivity index (χ2v) is 6.97. The number of carbonyl (C=O) groups is 1. The normalized spacial score (nSPS) is 28.0. The van der Waals surface area contributed by atoms with Crippen molar-refractivity contribution in [2.24, 2.45) is 5.92 Å². The van der Waals surface area contributed by atoms with Gasteiger partial charge in [-0.2, -0.15) is 0 Å². The SMILES string of the molecule is CC1CNCCN1C(=O)CC1CCC(c2ccccc2)CC1.Cl. The number of benzene rings is 1. The van der Waals surface area contributed by atoms with Gasteiger partial charge in [-0.15, -0.1) is 12.4 Å². The topological polar surface area (TPSA) is 32.3 Å². The van der Waals surface area contributed by atoms with Crippen LogP contribution in [0.25, 0.3) is 0 Å². The average Bonchev–Trinajstić information content (AvgIpc) is 2.57. The summed E-state index contributed by atoms with van der Waals surface area (Å²) in [6.45, 7) is 4.90. The molecule has 1 aromatic carbocycles. The van der Waals surface area contributed by atoms with Gasteiger partial charge in [-0.3, -0.25) is 4.79 Å². The van der Waals surface area contributed by atoms with E-state index in [1.807, 2.05) is 0 Å². The maximum absolute atomic E-state index is 12.5. The zero-order chi connectivity index (χ0) is 15.4. The van der Waals surface area contributed by atoms with Crippen LogP contribution in [0.2, 0.25) is 0 Å². The van der Waals surface area contributed by atoms with Crippen molar-refractivity contribution >= 4 is 18.3 Å². The molecule has 0 bridgehead atoms. The minimum atomic E-state index is 0. The third kappa shape index (κ3) is 4.71. The van der Waals surface area contributed by atoms with E-state index in [0.717, 1.165) is 26.1 Å². The van der Waals surface area contributed by atoms with E-state index >= 15 is 0 Å². The van der Waals surface area contributed by atoms with Crippen molar-refractivity contribution in [2.45, 2.75) is 51.0 Å². The fourth-order valence-electron chi connectivity index (χ4n) is 4.00. The van der Waals surface area contributed by atoms with Crippen molar-refractivity contribution < 1.29 is 4.79 Å². The number of carbonyl (C=O) groups excluding carboxylic acids is 1. The first-order chi connectivity index (χ1) is 10.7. The van der Waals surface area contributed by atoms with E-state index in [1.165, 1.54) is 31.2 Å². The first kappa shape index (κ1) is 18.3. The lowest BCUT2D eigenvalue weighted by atomic mass is 9.77. The van der Waals surface area contributed by atoms with Crippen LogP contribution in [0, 0.1) is 5.92 Å². The summed E-state index contributed by atoms with van der Waals surface area (Å²) in [6, 6.07) is 11.2. The molecule has 3 rings (SSSR count). The standard InChI is InChI=1S/C19H28N2O.ClH/c1-15-14-20-11-12-21(15)19(22)13-16-7-9-18(10-8-16)17-5-3-2-4-6-17;/h2-6,15-16,18,20H,7-14H2,1H3;1H. The van der Waals surface area contributed by atoms with Crippen LogP contribution in [-0.2, 0) is 4.79 Å². The Kier molecular flexibility index (Phi) is 6.91. The minimum Gasteiger partial charge on any atom is -0.337 e. The second kappa shape index (κ2) is 8.70. The van der Waals surface area contributed by atoms with Gasteiger partial charge < -0.3 is 10.2 Å². The highest BCUT2D eigenvalue weighted by atomic mass is 35.5. The molecule has 2 aliphatic rings. The molecule has 1 aliphatic carbocycles. The van der Waals surface area contributed by atoms with Crippen LogP contribution >= 0.6 is 12.4 Å². The lowest BCUT2D eigenvalue weighted by Gasteiger charge is -2.36. The predicted octanol–water partition coefficient (Wildman–Crippen LogP) is 3.59. The van der Waals surface area contributed by atoms with Crippen LogP contribution in [0.1, 0.15) is 50.5 Å². The molecule has 1 saturated heterocycles. The minimum absolute atomic E-state index is 0. The maximum atomic E-state index is 12.5. The molecule has 128 valence electrons. The number of hydrogen-bond acceptors (Lipinski definition) is 2. The number of piperazine rings is 1. The smallest absolute Gasteiger partial charge is 0.223 e. The van der Waals surface area contributed by atoms with E-state index in [-0.39, 0.29) is 12.4 Å². The Balaban J connectivity index is 0.00000192. The highest BCUT2D eigenvalue weighted by Gasteiger charge is 2.28. The van der Waals surface area contributed by atoms with E-state index in [0.29, 0.717) is 23.8 Å². The van der Waals surface area contributed by atoms with E-state index in [4.69, 9.17) is 0 Å². The molecular weight excluding hydrogens is 308 g/mol. The van der Waals surface area contributed by atoms with Crippen molar-refractivity contribution in [2.75, 3.05) is 19.6 Å². The van der Waals surface area contributed by atoms with Crippen LogP contribution in [0.15, 0.2) is 30.3 Å². The van der Waals surface area contributed by atoms with Gasteiger partial charge in [0.15, 0.2) is 0 Å². The molecule has 1 aromatic rings. The summed E-state index contributed by atoms with van der Waals surface area (Å²) < 4.78 is 0. The van der Waals surface area contributed by atoms with E-state index < -0.39 is 0 Å². The summed E-state index contributed by atoms with van der Waals surface area (Å²) >= 11 is 0. The molecule has 0 radical (unpaired) electrons. The fourth-order valence-corrected chi connectivity index (χ4v) is 4.00. The molecule has 1 unspecified atom stereocenters. The molecular formula is C19H29ClN2O. The van der Waals surface area contributed by atoms with Crippen molar-refractivity contribution in [3.05, 3.63) is 35.9 Å². The third-order valence-electron chi connectivity index (χ3n) is 5.40. The fraction of sp³-hybridized carbons (Fsp3) is 0.632. The Hall–Kier alpha value is -1.06. The van der Waals surface area contributed by atoms with E-state index in [2.05, 4.69) is 47.5 Å². The van der Waals surface area contributed by atoms with Crippen LogP contribution in [0.3, 0.4) is 0 Å². The summed E-state index contributed by atoms with van der Waals surface area (Å²) in [5.41, 5.74) is 1.48. The molecule has 1 heterocycles. The summed E-state index contributed by atoms with van der Waals surface area (Å²) in [5.74, 6) is 1.66. The monoisotopic (exact) mass is 336 g/mol. The Morgan fingerprint density at radius 2 is 1.87 bits per heavy atom. The van der Waals surface area contributed by atoms with Crippen molar-refractivity contribution in [3.8, 4) is 0 Å². The van der Waals surface area contributed by atoms with Gasteiger partial charge >= 0.3 is 0 Å². The zero-order valence-electron chi connectivity index (χ0n) is 14.0. The Morgan fingerprint density at radius 1 is 1.17 bits per heavy atom. The molecule has 2 fully saturated rings. The Morgan fingerprint density at radius 3 is 2.52 bits per heavy atom. The van der Waals surface area contributed by atoms with Crippen LogP contribution in [-0.4, -0.2) is 36.5 Å². The molecule has 0 aromatic heterocycles. The largest absolute Gasteiger partial charge is 0.337 e. The molecule has 23 heavy (non-hydrogen) atoms. The molecule has 1 atom stereocenters. The number of halogens is 1. The van der Waals surface area contributed by atoms with Gasteiger partial charge in [-0.1, -0.05) is 30.3 Å². The quantitative estimate of drug-likeness (QED) is 0.914. The second-order valence-electron chi connectivity index (χ2n) is 6.97. The third-order valence-corrected chi connectivity index (χ3v) is 5.40. The van der Waals surface area contributed by atoms with Crippen molar-refractivity contribution in [1.82, 2.24) is 10.2 Å². The first-order valence-corrected chi connectivity index (χ1v) is 8.79. The van der Waals surface area contributed by atoms with Gasteiger partial charge in [-0.05, 0) is 50.0 Å². The number of nitrogens with zero attached hydrogens (tertiary/aromatic N) is 1. The molecule has 1 aliphatic heterocycles. The molecule has 1 amide bonds. The molecule has 3 nitrogen and oxygen atoms in total. The zero-order valence-corrected chi connectivity index (χ0v) is 14.9. The molecule has 1 N–H and O–H groups in total. The van der Waals surface area contributed by atoms with E-state index in [9.17, 15) is 4.79 Å². The maximum Gasteiger partial charge on any atom is 0.223 e. The average molecular weight is 337 g/mol. The van der Waals surface area contributed by atoms with E-state index in [1.54, 1.807) is 0 Å². The Labute approximate surface area is 146 Å². The van der Waals surface area contributed by atoms with Gasteiger partial charge in [0.1, 0.15) is 0 Å². The van der Waals surface area contributed by atoms with Crippen molar-refractivity contribution in [1.29, 1.82) is 0 Å². The lowest BCUT2D eigenvalue weighted by Crippen LogP contribution is -2.52. The number of rotatable bonds is 3. The van der Waals surface area contributed by atoms with Gasteiger partial charge in [-0.25, -0.2) is 0 Å². The van der Waals surface area contributed by atoms with Crippen LogP contribution < -0.4 is 5.32 Å². The summed E-state index contributed by atoms with van der Waals surface area (Å²) in [6.07, 6.45) is 5.63. The number of amides is 1. The lowest BCUT2D eigenvalue weighted by molar-refractivity contribution is -0.135. The summed E-state index contributed by atoms with van der Waals surface area (Å²) in [4.78, 5) is 14.6. The highest BCUT2D eigenvalue weighted by molar-refractivity contribution is 5.85. The summed E-state index contributed by atoms with van der Waals surface area (Å²) in [7, 11) is 0. The van der Waals surface area contributed by atoms with Gasteiger partial charge in [0.2, 0.25) is 5.91 Å². The van der Waals surface area contributed by atoms with Gasteiger partial charge in [0, 0.05) is 32.1 Å². The highest BCUT2D eigenvalue weighted by Crippen LogP contribution is 2.37. The predicted molar refractivity (Wildman–Crippen MR) is 97.1 cm³/mol. The number of hydrogen-bond donors (Lipinski definition) is 1.